The number of rotatable bonds is 3. The zero-order valence-corrected chi connectivity index (χ0v) is 9.33. The van der Waals surface area contributed by atoms with Crippen LogP contribution < -0.4 is 5.73 Å². The van der Waals surface area contributed by atoms with Crippen LogP contribution in [0.1, 0.15) is 18.4 Å². The molecule has 4 nitrogen and oxygen atoms in total. The molecule has 2 rings (SSSR count). The minimum absolute atomic E-state index is 0.0925. The number of hydrogen-bond acceptors (Lipinski definition) is 3. The summed E-state index contributed by atoms with van der Waals surface area (Å²) in [7, 11) is 0. The Morgan fingerprint density at radius 2 is 2.00 bits per heavy atom. The summed E-state index contributed by atoms with van der Waals surface area (Å²) in [5, 5.41) is 10.6. The van der Waals surface area contributed by atoms with Gasteiger partial charge >= 0.3 is 0 Å². The van der Waals surface area contributed by atoms with E-state index in [2.05, 4.69) is 0 Å². The number of halogens is 3. The Kier molecular flexibility index (Phi) is 2.81. The van der Waals surface area contributed by atoms with Crippen LogP contribution in [-0.4, -0.2) is 17.4 Å². The van der Waals surface area contributed by atoms with Gasteiger partial charge in [0.15, 0.2) is 0 Å². The molecule has 0 atom stereocenters. The third kappa shape index (κ3) is 1.94. The molecule has 1 aromatic carbocycles. The van der Waals surface area contributed by atoms with E-state index in [1.54, 1.807) is 0 Å². The standard InChI is InChI=1S/C11H11F3N2O2/c12-9-2-1-7(16(17)18)3-8(9)10(6-15)4-11(13,14)5-10/h1-3H,4-6,15H2. The molecule has 0 aliphatic heterocycles. The van der Waals surface area contributed by atoms with Gasteiger partial charge in [0.1, 0.15) is 5.82 Å². The van der Waals surface area contributed by atoms with Crippen LogP contribution in [0.15, 0.2) is 18.2 Å². The zero-order chi connectivity index (χ0) is 13.6. The van der Waals surface area contributed by atoms with Crippen molar-refractivity contribution >= 4 is 5.69 Å². The number of alkyl halides is 2. The topological polar surface area (TPSA) is 69.2 Å². The van der Waals surface area contributed by atoms with Crippen LogP contribution in [0.5, 0.6) is 0 Å². The third-order valence-corrected chi connectivity index (χ3v) is 3.32. The van der Waals surface area contributed by atoms with Crippen LogP contribution in [0.4, 0.5) is 18.9 Å². The van der Waals surface area contributed by atoms with Crippen molar-refractivity contribution in [1.82, 2.24) is 0 Å². The van der Waals surface area contributed by atoms with E-state index >= 15 is 0 Å². The van der Waals surface area contributed by atoms with Crippen molar-refractivity contribution in [2.75, 3.05) is 6.54 Å². The molecule has 7 heteroatoms. The Morgan fingerprint density at radius 1 is 1.39 bits per heavy atom. The maximum absolute atomic E-state index is 13.7. The number of benzene rings is 1. The molecule has 18 heavy (non-hydrogen) atoms. The summed E-state index contributed by atoms with van der Waals surface area (Å²) in [5.74, 6) is -3.61. The molecule has 1 fully saturated rings. The Morgan fingerprint density at radius 3 is 2.44 bits per heavy atom. The molecule has 0 unspecified atom stereocenters. The normalized spacial score (nSPS) is 20.2. The number of nitrogens with zero attached hydrogens (tertiary/aromatic N) is 1. The molecule has 0 saturated heterocycles. The van der Waals surface area contributed by atoms with Gasteiger partial charge in [-0.25, -0.2) is 13.2 Å². The smallest absolute Gasteiger partial charge is 0.269 e. The SMILES string of the molecule is NCC1(c2cc([N+](=O)[O-])ccc2F)CC(F)(F)C1. The summed E-state index contributed by atoms with van der Waals surface area (Å²) >= 11 is 0. The lowest BCUT2D eigenvalue weighted by atomic mass is 9.62. The largest absolute Gasteiger partial charge is 0.330 e. The molecule has 1 aliphatic rings. The van der Waals surface area contributed by atoms with E-state index in [0.29, 0.717) is 0 Å². The molecule has 0 aromatic heterocycles. The number of non-ortho nitro benzene ring substituents is 1. The van der Waals surface area contributed by atoms with Crippen LogP contribution >= 0.6 is 0 Å². The summed E-state index contributed by atoms with van der Waals surface area (Å²) in [6, 6.07) is 2.92. The van der Waals surface area contributed by atoms with Crippen molar-refractivity contribution in [3.63, 3.8) is 0 Å². The van der Waals surface area contributed by atoms with Crippen LogP contribution in [0.25, 0.3) is 0 Å². The zero-order valence-electron chi connectivity index (χ0n) is 9.33. The quantitative estimate of drug-likeness (QED) is 0.670. The highest BCUT2D eigenvalue weighted by atomic mass is 19.3. The maximum atomic E-state index is 13.7. The van der Waals surface area contributed by atoms with E-state index in [1.165, 1.54) is 0 Å². The van der Waals surface area contributed by atoms with Crippen molar-refractivity contribution in [1.29, 1.82) is 0 Å². The average Bonchev–Trinajstić information content (AvgIpc) is 2.25. The van der Waals surface area contributed by atoms with Gasteiger partial charge in [-0.3, -0.25) is 10.1 Å². The Labute approximate surface area is 101 Å². The molecular formula is C11H11F3N2O2. The monoisotopic (exact) mass is 260 g/mol. The molecule has 98 valence electrons. The van der Waals surface area contributed by atoms with Crippen molar-refractivity contribution in [3.8, 4) is 0 Å². The first kappa shape index (κ1) is 12.8. The van der Waals surface area contributed by atoms with Gasteiger partial charge in [0.2, 0.25) is 5.92 Å². The summed E-state index contributed by atoms with van der Waals surface area (Å²) in [4.78, 5) is 9.93. The second-order valence-corrected chi connectivity index (χ2v) is 4.62. The predicted octanol–water partition coefficient (Wildman–Crippen LogP) is 2.36. The molecule has 0 heterocycles. The van der Waals surface area contributed by atoms with Gasteiger partial charge in [0.25, 0.3) is 5.69 Å². The summed E-state index contributed by atoms with van der Waals surface area (Å²) < 4.78 is 39.6. The number of nitro benzene ring substituents is 1. The van der Waals surface area contributed by atoms with Gasteiger partial charge in [-0.05, 0) is 6.07 Å². The molecule has 0 bridgehead atoms. The van der Waals surface area contributed by atoms with Crippen molar-refractivity contribution in [3.05, 3.63) is 39.7 Å². The van der Waals surface area contributed by atoms with Crippen LogP contribution in [0.2, 0.25) is 0 Å². The number of nitro groups is 1. The molecule has 0 spiro atoms. The molecule has 1 saturated carbocycles. The van der Waals surface area contributed by atoms with Gasteiger partial charge in [-0.1, -0.05) is 0 Å². The minimum Gasteiger partial charge on any atom is -0.330 e. The molecule has 1 aromatic rings. The first-order chi connectivity index (χ1) is 8.30. The van der Waals surface area contributed by atoms with E-state index in [1.807, 2.05) is 0 Å². The van der Waals surface area contributed by atoms with Crippen LogP contribution in [-0.2, 0) is 5.41 Å². The fourth-order valence-electron chi connectivity index (χ4n) is 2.42. The predicted molar refractivity (Wildman–Crippen MR) is 58.0 cm³/mol. The number of nitrogens with two attached hydrogens (primary N) is 1. The van der Waals surface area contributed by atoms with Gasteiger partial charge in [-0.15, -0.1) is 0 Å². The first-order valence-corrected chi connectivity index (χ1v) is 5.32. The Bertz CT molecular complexity index is 497. The second kappa shape index (κ2) is 3.94. The highest BCUT2D eigenvalue weighted by Gasteiger charge is 2.57. The Hall–Kier alpha value is -1.63. The lowest BCUT2D eigenvalue weighted by molar-refractivity contribution is -0.385. The van der Waals surface area contributed by atoms with Gasteiger partial charge in [0.05, 0.1) is 4.92 Å². The van der Waals surface area contributed by atoms with Gasteiger partial charge in [-0.2, -0.15) is 0 Å². The van der Waals surface area contributed by atoms with E-state index in [4.69, 9.17) is 5.73 Å². The van der Waals surface area contributed by atoms with E-state index in [9.17, 15) is 23.3 Å². The van der Waals surface area contributed by atoms with E-state index < -0.39 is 34.9 Å². The molecule has 0 amide bonds. The first-order valence-electron chi connectivity index (χ1n) is 5.32. The highest BCUT2D eigenvalue weighted by Crippen LogP contribution is 2.53. The van der Waals surface area contributed by atoms with Crippen molar-refractivity contribution < 1.29 is 18.1 Å². The summed E-state index contributed by atoms with van der Waals surface area (Å²) in [5.41, 5.74) is 3.84. The van der Waals surface area contributed by atoms with Gasteiger partial charge in [0, 0.05) is 42.5 Å². The lowest BCUT2D eigenvalue weighted by Gasteiger charge is -2.47. The van der Waals surface area contributed by atoms with Crippen molar-refractivity contribution in [2.45, 2.75) is 24.2 Å². The molecule has 1 aliphatic carbocycles. The summed E-state index contributed by atoms with van der Waals surface area (Å²) in [6.45, 7) is -0.166. The molecule has 0 radical (unpaired) electrons. The minimum atomic E-state index is -2.88. The molecular weight excluding hydrogens is 249 g/mol. The van der Waals surface area contributed by atoms with E-state index in [0.717, 1.165) is 18.2 Å². The third-order valence-electron chi connectivity index (χ3n) is 3.32. The number of hydrogen-bond donors (Lipinski definition) is 1. The van der Waals surface area contributed by atoms with Gasteiger partial charge < -0.3 is 5.73 Å². The summed E-state index contributed by atoms with van der Waals surface area (Å²) in [6.07, 6.45) is -1.15. The molecule has 2 N–H and O–H groups in total. The average molecular weight is 260 g/mol. The fraction of sp³-hybridized carbons (Fsp3) is 0.455. The lowest BCUT2D eigenvalue weighted by Crippen LogP contribution is -2.54. The van der Waals surface area contributed by atoms with Crippen LogP contribution in [0.3, 0.4) is 0 Å². The maximum Gasteiger partial charge on any atom is 0.269 e. The van der Waals surface area contributed by atoms with Crippen molar-refractivity contribution in [2.24, 2.45) is 5.73 Å². The van der Waals surface area contributed by atoms with Crippen LogP contribution in [0, 0.1) is 15.9 Å². The second-order valence-electron chi connectivity index (χ2n) is 4.62. The highest BCUT2D eigenvalue weighted by molar-refractivity contribution is 5.41. The fourth-order valence-corrected chi connectivity index (χ4v) is 2.42. The van der Waals surface area contributed by atoms with E-state index in [-0.39, 0.29) is 17.8 Å². The Balaban J connectivity index is 2.43.